The second-order valence-electron chi connectivity index (χ2n) is 6.05. The number of nitrogens with zero attached hydrogens (tertiary/aromatic N) is 1. The number of carbonyl (C=O) groups excluding carboxylic acids is 1. The van der Waals surface area contributed by atoms with Crippen molar-refractivity contribution in [2.24, 2.45) is 4.99 Å². The second kappa shape index (κ2) is 8.28. The highest BCUT2D eigenvalue weighted by Crippen LogP contribution is 2.22. The van der Waals surface area contributed by atoms with Gasteiger partial charge in [0, 0.05) is 18.0 Å². The normalized spacial score (nSPS) is 18.0. The van der Waals surface area contributed by atoms with E-state index in [1.54, 1.807) is 24.3 Å². The number of carbonyl (C=O) groups is 1. The van der Waals surface area contributed by atoms with E-state index in [2.05, 4.69) is 22.0 Å². The number of rotatable bonds is 8. The van der Waals surface area contributed by atoms with Crippen LogP contribution in [-0.4, -0.2) is 32.7 Å². The lowest BCUT2D eigenvalue weighted by molar-refractivity contribution is -0.121. The van der Waals surface area contributed by atoms with Gasteiger partial charge in [-0.05, 0) is 25.5 Å². The van der Waals surface area contributed by atoms with E-state index in [1.165, 1.54) is 6.42 Å². The molecule has 24 heavy (non-hydrogen) atoms. The molecule has 0 saturated heterocycles. The summed E-state index contributed by atoms with van der Waals surface area (Å²) in [4.78, 5) is 16.4. The Kier molecular flexibility index (Phi) is 6.36. The topological polar surface area (TPSA) is 87.6 Å². The van der Waals surface area contributed by atoms with E-state index >= 15 is 0 Å². The third-order valence-corrected chi connectivity index (χ3v) is 5.32. The molecule has 1 aromatic carbocycles. The Hall–Kier alpha value is -1.89. The Morgan fingerprint density at radius 1 is 1.29 bits per heavy atom. The van der Waals surface area contributed by atoms with Gasteiger partial charge in [0.15, 0.2) is 0 Å². The maximum absolute atomic E-state index is 12.0. The lowest BCUT2D eigenvalue weighted by Crippen LogP contribution is -2.33. The highest BCUT2D eigenvalue weighted by atomic mass is 32.2. The van der Waals surface area contributed by atoms with Crippen LogP contribution in [-0.2, 0) is 14.8 Å². The zero-order chi connectivity index (χ0) is 17.6. The SMILES string of the molecule is CCCCCC(C)NC(=O)CCN=C1NS(=O)(=O)c2ccccc21. The molecule has 0 saturated carbocycles. The van der Waals surface area contributed by atoms with Crippen LogP contribution in [0, 0.1) is 0 Å². The highest BCUT2D eigenvalue weighted by Gasteiger charge is 2.29. The molecule has 1 unspecified atom stereocenters. The number of fused-ring (bicyclic) bond motifs is 1. The third kappa shape index (κ3) is 4.80. The van der Waals surface area contributed by atoms with Gasteiger partial charge in [-0.1, -0.05) is 38.3 Å². The molecule has 1 amide bonds. The molecule has 1 heterocycles. The summed E-state index contributed by atoms with van der Waals surface area (Å²) in [5.41, 5.74) is 0.561. The molecule has 2 N–H and O–H groups in total. The summed E-state index contributed by atoms with van der Waals surface area (Å²) in [5.74, 6) is 0.256. The fraction of sp³-hybridized carbons (Fsp3) is 0.529. The minimum Gasteiger partial charge on any atom is -0.354 e. The van der Waals surface area contributed by atoms with Crippen molar-refractivity contribution in [1.82, 2.24) is 10.0 Å². The zero-order valence-electron chi connectivity index (χ0n) is 14.2. The Labute approximate surface area is 143 Å². The monoisotopic (exact) mass is 351 g/mol. The number of sulfonamides is 1. The predicted octanol–water partition coefficient (Wildman–Crippen LogP) is 2.20. The minimum atomic E-state index is -3.52. The maximum atomic E-state index is 12.0. The molecule has 132 valence electrons. The van der Waals surface area contributed by atoms with Crippen LogP contribution in [0.4, 0.5) is 0 Å². The van der Waals surface area contributed by atoms with Crippen LogP contribution in [0.25, 0.3) is 0 Å². The maximum Gasteiger partial charge on any atom is 0.263 e. The van der Waals surface area contributed by atoms with Gasteiger partial charge in [-0.2, -0.15) is 0 Å². The molecule has 7 heteroatoms. The van der Waals surface area contributed by atoms with Crippen molar-refractivity contribution in [3.63, 3.8) is 0 Å². The molecule has 1 aliphatic heterocycles. The van der Waals surface area contributed by atoms with E-state index in [-0.39, 0.29) is 29.8 Å². The van der Waals surface area contributed by atoms with Crippen molar-refractivity contribution in [2.45, 2.75) is 56.9 Å². The van der Waals surface area contributed by atoms with Gasteiger partial charge in [0.2, 0.25) is 5.91 Å². The predicted molar refractivity (Wildman–Crippen MR) is 94.5 cm³/mol. The van der Waals surface area contributed by atoms with Crippen molar-refractivity contribution < 1.29 is 13.2 Å². The molecule has 0 aromatic heterocycles. The van der Waals surface area contributed by atoms with Gasteiger partial charge in [0.05, 0.1) is 11.4 Å². The van der Waals surface area contributed by atoms with Crippen molar-refractivity contribution in [1.29, 1.82) is 0 Å². The Morgan fingerprint density at radius 2 is 2.04 bits per heavy atom. The highest BCUT2D eigenvalue weighted by molar-refractivity contribution is 7.90. The summed E-state index contributed by atoms with van der Waals surface area (Å²) in [5, 5.41) is 2.95. The summed E-state index contributed by atoms with van der Waals surface area (Å²) in [7, 11) is -3.52. The molecule has 0 radical (unpaired) electrons. The quantitative estimate of drug-likeness (QED) is 0.704. The first-order chi connectivity index (χ1) is 11.4. The largest absolute Gasteiger partial charge is 0.354 e. The summed E-state index contributed by atoms with van der Waals surface area (Å²) in [6.07, 6.45) is 4.66. The van der Waals surface area contributed by atoms with Gasteiger partial charge in [-0.25, -0.2) is 8.42 Å². The van der Waals surface area contributed by atoms with Crippen LogP contribution in [0.2, 0.25) is 0 Å². The average molecular weight is 351 g/mol. The van der Waals surface area contributed by atoms with Crippen LogP contribution >= 0.6 is 0 Å². The van der Waals surface area contributed by atoms with Crippen molar-refractivity contribution in [3.05, 3.63) is 29.8 Å². The zero-order valence-corrected chi connectivity index (χ0v) is 15.0. The van der Waals surface area contributed by atoms with Crippen molar-refractivity contribution in [2.75, 3.05) is 6.54 Å². The Balaban J connectivity index is 1.86. The third-order valence-electron chi connectivity index (χ3n) is 3.92. The number of hydrogen-bond acceptors (Lipinski definition) is 4. The molecule has 6 nitrogen and oxygen atoms in total. The van der Waals surface area contributed by atoms with Crippen molar-refractivity contribution in [3.8, 4) is 0 Å². The summed E-state index contributed by atoms with van der Waals surface area (Å²) in [6.45, 7) is 4.40. The Morgan fingerprint density at radius 3 is 2.79 bits per heavy atom. The van der Waals surface area contributed by atoms with E-state index in [4.69, 9.17) is 0 Å². The van der Waals surface area contributed by atoms with Gasteiger partial charge >= 0.3 is 0 Å². The number of amides is 1. The fourth-order valence-corrected chi connectivity index (χ4v) is 3.89. The van der Waals surface area contributed by atoms with Crippen LogP contribution < -0.4 is 10.0 Å². The molecule has 0 aliphatic carbocycles. The number of benzene rings is 1. The molecular weight excluding hydrogens is 326 g/mol. The Bertz CT molecular complexity index is 714. The average Bonchev–Trinajstić information content (AvgIpc) is 2.79. The summed E-state index contributed by atoms with van der Waals surface area (Å²) < 4.78 is 26.4. The second-order valence-corrected chi connectivity index (χ2v) is 7.70. The van der Waals surface area contributed by atoms with Crippen LogP contribution in [0.5, 0.6) is 0 Å². The number of hydrogen-bond donors (Lipinski definition) is 2. The van der Waals surface area contributed by atoms with E-state index < -0.39 is 10.0 Å². The first kappa shape index (κ1) is 18.4. The minimum absolute atomic E-state index is 0.0579. The molecule has 0 spiro atoms. The van der Waals surface area contributed by atoms with Gasteiger partial charge in [0.1, 0.15) is 5.84 Å². The van der Waals surface area contributed by atoms with Gasteiger partial charge < -0.3 is 5.32 Å². The number of aliphatic imine (C=N–C) groups is 1. The molecule has 0 bridgehead atoms. The smallest absolute Gasteiger partial charge is 0.263 e. The first-order valence-corrected chi connectivity index (χ1v) is 9.88. The van der Waals surface area contributed by atoms with Crippen LogP contribution in [0.3, 0.4) is 0 Å². The van der Waals surface area contributed by atoms with Gasteiger partial charge in [-0.15, -0.1) is 0 Å². The molecule has 1 aromatic rings. The van der Waals surface area contributed by atoms with E-state index in [0.29, 0.717) is 11.4 Å². The lowest BCUT2D eigenvalue weighted by Gasteiger charge is -2.13. The van der Waals surface area contributed by atoms with E-state index in [9.17, 15) is 13.2 Å². The first-order valence-electron chi connectivity index (χ1n) is 8.40. The van der Waals surface area contributed by atoms with Gasteiger partial charge in [-0.3, -0.25) is 14.5 Å². The molecular formula is C17H25N3O3S. The standard InChI is InChI=1S/C17H25N3O3S/c1-3-4-5-8-13(2)19-16(21)11-12-18-17-14-9-6-7-10-15(14)24(22,23)20-17/h6-7,9-10,13H,3-5,8,11-12H2,1-2H3,(H,18,20)(H,19,21). The fourth-order valence-electron chi connectivity index (χ4n) is 2.64. The van der Waals surface area contributed by atoms with E-state index in [1.807, 2.05) is 6.92 Å². The summed E-state index contributed by atoms with van der Waals surface area (Å²) in [6, 6.07) is 6.85. The van der Waals surface area contributed by atoms with Crippen LogP contribution in [0.1, 0.15) is 51.5 Å². The van der Waals surface area contributed by atoms with E-state index in [0.717, 1.165) is 19.3 Å². The molecule has 0 fully saturated rings. The van der Waals surface area contributed by atoms with Crippen LogP contribution in [0.15, 0.2) is 34.2 Å². The van der Waals surface area contributed by atoms with Crippen molar-refractivity contribution >= 4 is 21.8 Å². The van der Waals surface area contributed by atoms with Gasteiger partial charge in [0.25, 0.3) is 10.0 Å². The number of amidine groups is 1. The molecule has 1 atom stereocenters. The summed E-state index contributed by atoms with van der Waals surface area (Å²) >= 11 is 0. The number of unbranched alkanes of at least 4 members (excludes halogenated alkanes) is 2. The lowest BCUT2D eigenvalue weighted by atomic mass is 10.1. The molecule has 2 rings (SSSR count). The molecule has 1 aliphatic rings. The number of nitrogens with one attached hydrogen (secondary N) is 2.